The lowest BCUT2D eigenvalue weighted by molar-refractivity contribution is -0.148. The average Bonchev–Trinajstić information content (AvgIpc) is 1.60. The van der Waals surface area contributed by atoms with Gasteiger partial charge in [-0.2, -0.15) is 18.4 Å². The van der Waals surface area contributed by atoms with Crippen LogP contribution in [0.1, 0.15) is 20.3 Å². The topological polar surface area (TPSA) is 23.8 Å². The minimum absolute atomic E-state index is 1.05. The van der Waals surface area contributed by atoms with E-state index in [9.17, 15) is 13.2 Å². The Hall–Kier alpha value is -0.720. The van der Waals surface area contributed by atoms with Crippen molar-refractivity contribution in [1.82, 2.24) is 0 Å². The molecule has 0 saturated heterocycles. The van der Waals surface area contributed by atoms with Crippen molar-refractivity contribution in [2.45, 2.75) is 26.4 Å². The second-order valence-corrected chi connectivity index (χ2v) is 2.79. The first-order valence-electron chi connectivity index (χ1n) is 2.75. The Bertz CT molecular complexity index is 151. The van der Waals surface area contributed by atoms with Crippen LogP contribution >= 0.6 is 0 Å². The Morgan fingerprint density at radius 3 is 1.80 bits per heavy atom. The highest BCUT2D eigenvalue weighted by Gasteiger charge is 2.36. The number of hydrogen-bond acceptors (Lipinski definition) is 1. The number of hydrogen-bond donors (Lipinski definition) is 0. The quantitative estimate of drug-likeness (QED) is 0.564. The largest absolute Gasteiger partial charge is 0.390 e. The van der Waals surface area contributed by atoms with Gasteiger partial charge in [0.2, 0.25) is 0 Å². The van der Waals surface area contributed by atoms with Crippen molar-refractivity contribution in [1.29, 1.82) is 5.26 Å². The van der Waals surface area contributed by atoms with Gasteiger partial charge in [-0.15, -0.1) is 0 Å². The molecule has 0 heterocycles. The van der Waals surface area contributed by atoms with Gasteiger partial charge in [-0.05, 0) is 13.8 Å². The normalized spacial score (nSPS) is 12.8. The molecule has 0 aromatic heterocycles. The summed E-state index contributed by atoms with van der Waals surface area (Å²) in [5.41, 5.74) is -1.29. The van der Waals surface area contributed by atoms with Gasteiger partial charge in [-0.1, -0.05) is 0 Å². The van der Waals surface area contributed by atoms with Crippen LogP contribution in [0.25, 0.3) is 0 Å². The Morgan fingerprint density at radius 1 is 1.30 bits per heavy atom. The van der Waals surface area contributed by atoms with Crippen LogP contribution in [0, 0.1) is 16.7 Å². The molecule has 4 heteroatoms. The maximum atomic E-state index is 11.6. The standard InChI is InChI=1S/C6H8F3N/c1-5(2,4-10)3-6(7,8)9/h3H2,1-2H3. The van der Waals surface area contributed by atoms with Crippen molar-refractivity contribution in [3.8, 4) is 6.07 Å². The molecule has 0 aliphatic rings. The van der Waals surface area contributed by atoms with E-state index in [1.807, 2.05) is 0 Å². The second-order valence-electron chi connectivity index (χ2n) is 2.79. The van der Waals surface area contributed by atoms with Gasteiger partial charge in [0.1, 0.15) is 0 Å². The van der Waals surface area contributed by atoms with E-state index in [4.69, 9.17) is 5.26 Å². The zero-order chi connectivity index (χ0) is 8.41. The number of alkyl halides is 3. The van der Waals surface area contributed by atoms with E-state index in [2.05, 4.69) is 0 Å². The molecule has 0 radical (unpaired) electrons. The molecule has 0 rings (SSSR count). The lowest BCUT2D eigenvalue weighted by atomic mass is 9.91. The molecule has 0 aliphatic carbocycles. The Kier molecular flexibility index (Phi) is 2.31. The number of rotatable bonds is 1. The molecule has 1 nitrogen and oxygen atoms in total. The Balaban J connectivity index is 4.05. The van der Waals surface area contributed by atoms with E-state index in [0.29, 0.717) is 0 Å². The highest BCUT2D eigenvalue weighted by atomic mass is 19.4. The van der Waals surface area contributed by atoms with E-state index in [1.165, 1.54) is 13.8 Å². The van der Waals surface area contributed by atoms with Gasteiger partial charge in [0.15, 0.2) is 0 Å². The Labute approximate surface area is 57.5 Å². The molecule has 0 saturated carbocycles. The summed E-state index contributed by atoms with van der Waals surface area (Å²) in [5.74, 6) is 0. The molecule has 0 aromatic rings. The third-order valence-electron chi connectivity index (χ3n) is 0.945. The van der Waals surface area contributed by atoms with Gasteiger partial charge >= 0.3 is 6.18 Å². The van der Waals surface area contributed by atoms with Gasteiger partial charge < -0.3 is 0 Å². The molecule has 0 spiro atoms. The lowest BCUT2D eigenvalue weighted by Crippen LogP contribution is -2.20. The number of nitriles is 1. The summed E-state index contributed by atoms with van der Waals surface area (Å²) in [6.45, 7) is 2.53. The smallest absolute Gasteiger partial charge is 0.198 e. The maximum absolute atomic E-state index is 11.6. The van der Waals surface area contributed by atoms with Crippen LogP contribution in [0.4, 0.5) is 13.2 Å². The molecule has 0 bridgehead atoms. The fourth-order valence-corrected chi connectivity index (χ4v) is 0.541. The van der Waals surface area contributed by atoms with E-state index in [0.717, 1.165) is 0 Å². The van der Waals surface area contributed by atoms with E-state index in [1.54, 1.807) is 6.07 Å². The molecular formula is C6H8F3N. The van der Waals surface area contributed by atoms with E-state index >= 15 is 0 Å². The molecule has 58 valence electrons. The van der Waals surface area contributed by atoms with Crippen LogP contribution in [0.15, 0.2) is 0 Å². The molecule has 0 unspecified atom stereocenters. The van der Waals surface area contributed by atoms with E-state index in [-0.39, 0.29) is 0 Å². The molecule has 0 fully saturated rings. The summed E-state index contributed by atoms with van der Waals surface area (Å²) in [4.78, 5) is 0. The summed E-state index contributed by atoms with van der Waals surface area (Å²) < 4.78 is 34.8. The average molecular weight is 151 g/mol. The molecule has 10 heavy (non-hydrogen) atoms. The first-order valence-corrected chi connectivity index (χ1v) is 2.75. The van der Waals surface area contributed by atoms with Crippen molar-refractivity contribution < 1.29 is 13.2 Å². The highest BCUT2D eigenvalue weighted by molar-refractivity contribution is 4.93. The molecule has 0 aliphatic heterocycles. The van der Waals surface area contributed by atoms with Gasteiger partial charge in [0.25, 0.3) is 0 Å². The van der Waals surface area contributed by atoms with Crippen molar-refractivity contribution >= 4 is 0 Å². The van der Waals surface area contributed by atoms with Crippen LogP contribution in [0.5, 0.6) is 0 Å². The summed E-state index contributed by atoms with van der Waals surface area (Å²) in [6.07, 6.45) is -5.28. The summed E-state index contributed by atoms with van der Waals surface area (Å²) >= 11 is 0. The minimum atomic E-state index is -4.24. The summed E-state index contributed by atoms with van der Waals surface area (Å²) in [5, 5.41) is 8.21. The highest BCUT2D eigenvalue weighted by Crippen LogP contribution is 2.31. The van der Waals surface area contributed by atoms with Crippen molar-refractivity contribution in [2.75, 3.05) is 0 Å². The molecule has 0 aromatic carbocycles. The van der Waals surface area contributed by atoms with Gasteiger partial charge in [-0.25, -0.2) is 0 Å². The predicted octanol–water partition coefficient (Wildman–Crippen LogP) is 2.49. The number of halogens is 3. The molecular weight excluding hydrogens is 143 g/mol. The minimum Gasteiger partial charge on any atom is -0.198 e. The predicted molar refractivity (Wildman–Crippen MR) is 30.1 cm³/mol. The van der Waals surface area contributed by atoms with Crippen LogP contribution in [-0.2, 0) is 0 Å². The van der Waals surface area contributed by atoms with Crippen molar-refractivity contribution in [3.05, 3.63) is 0 Å². The first kappa shape index (κ1) is 9.28. The zero-order valence-corrected chi connectivity index (χ0v) is 5.79. The van der Waals surface area contributed by atoms with Crippen LogP contribution in [0.3, 0.4) is 0 Å². The lowest BCUT2D eigenvalue weighted by Gasteiger charge is -2.16. The Morgan fingerprint density at radius 2 is 1.70 bits per heavy atom. The first-order chi connectivity index (χ1) is 4.27. The van der Waals surface area contributed by atoms with Crippen LogP contribution in [0.2, 0.25) is 0 Å². The SMILES string of the molecule is CC(C)(C#N)CC(F)(F)F. The second kappa shape index (κ2) is 2.49. The molecule has 0 atom stereocenters. The zero-order valence-electron chi connectivity index (χ0n) is 5.79. The summed E-state index contributed by atoms with van der Waals surface area (Å²) in [6, 6.07) is 1.58. The van der Waals surface area contributed by atoms with Gasteiger partial charge in [0.05, 0.1) is 17.9 Å². The molecule has 0 N–H and O–H groups in total. The van der Waals surface area contributed by atoms with Crippen LogP contribution in [-0.4, -0.2) is 6.18 Å². The van der Waals surface area contributed by atoms with Gasteiger partial charge in [0, 0.05) is 0 Å². The maximum Gasteiger partial charge on any atom is 0.390 e. The van der Waals surface area contributed by atoms with Crippen molar-refractivity contribution in [3.63, 3.8) is 0 Å². The van der Waals surface area contributed by atoms with Gasteiger partial charge in [-0.3, -0.25) is 0 Å². The third-order valence-corrected chi connectivity index (χ3v) is 0.945. The van der Waals surface area contributed by atoms with E-state index < -0.39 is 18.0 Å². The molecule has 0 amide bonds. The van der Waals surface area contributed by atoms with Crippen molar-refractivity contribution in [2.24, 2.45) is 5.41 Å². The van der Waals surface area contributed by atoms with Crippen LogP contribution < -0.4 is 0 Å². The monoisotopic (exact) mass is 151 g/mol. The fraction of sp³-hybridized carbons (Fsp3) is 0.833. The third kappa shape index (κ3) is 4.19. The number of nitrogens with zero attached hydrogens (tertiary/aromatic N) is 1. The fourth-order valence-electron chi connectivity index (χ4n) is 0.541. The summed E-state index contributed by atoms with van der Waals surface area (Å²) in [7, 11) is 0.